The summed E-state index contributed by atoms with van der Waals surface area (Å²) in [6.07, 6.45) is 3.41. The van der Waals surface area contributed by atoms with Gasteiger partial charge in [0, 0.05) is 24.2 Å². The molecule has 0 radical (unpaired) electrons. The number of aliphatic hydroxyl groups excluding tert-OH is 1. The third-order valence-electron chi connectivity index (χ3n) is 5.09. The van der Waals surface area contributed by atoms with Gasteiger partial charge in [0.15, 0.2) is 5.82 Å². The molecule has 6 nitrogen and oxygen atoms in total. The predicted octanol–water partition coefficient (Wildman–Crippen LogP) is 2.67. The third kappa shape index (κ3) is 3.90. The van der Waals surface area contributed by atoms with Crippen LogP contribution in [0.5, 0.6) is 0 Å². The molecule has 6 heteroatoms. The lowest BCUT2D eigenvalue weighted by Gasteiger charge is -2.17. The zero-order valence-corrected chi connectivity index (χ0v) is 15.0. The molecule has 1 aromatic heterocycles. The zero-order valence-electron chi connectivity index (χ0n) is 15.0. The lowest BCUT2D eigenvalue weighted by Crippen LogP contribution is -2.28. The van der Waals surface area contributed by atoms with Gasteiger partial charge in [-0.05, 0) is 42.0 Å². The van der Waals surface area contributed by atoms with Gasteiger partial charge < -0.3 is 10.0 Å². The minimum absolute atomic E-state index is 0.0627. The average Bonchev–Trinajstić information content (AvgIpc) is 3.40. The van der Waals surface area contributed by atoms with Crippen molar-refractivity contribution in [1.82, 2.24) is 20.1 Å². The summed E-state index contributed by atoms with van der Waals surface area (Å²) < 4.78 is 0. The third-order valence-corrected chi connectivity index (χ3v) is 5.09. The summed E-state index contributed by atoms with van der Waals surface area (Å²) in [7, 11) is 0. The lowest BCUT2D eigenvalue weighted by molar-refractivity contribution is 0.0787. The van der Waals surface area contributed by atoms with E-state index in [-0.39, 0.29) is 12.5 Å². The van der Waals surface area contributed by atoms with E-state index >= 15 is 0 Å². The Bertz CT molecular complexity index is 906. The van der Waals surface area contributed by atoms with E-state index in [1.807, 2.05) is 47.4 Å². The minimum Gasteiger partial charge on any atom is -0.392 e. The van der Waals surface area contributed by atoms with Crippen molar-refractivity contribution >= 4 is 5.91 Å². The van der Waals surface area contributed by atoms with Gasteiger partial charge in [-0.3, -0.25) is 9.89 Å². The fourth-order valence-electron chi connectivity index (χ4n) is 3.67. The molecule has 0 unspecified atom stereocenters. The van der Waals surface area contributed by atoms with Gasteiger partial charge in [-0.1, -0.05) is 36.4 Å². The van der Waals surface area contributed by atoms with Gasteiger partial charge in [0.2, 0.25) is 0 Å². The minimum atomic E-state index is 0.0627. The summed E-state index contributed by atoms with van der Waals surface area (Å²) >= 11 is 0. The second-order valence-electron chi connectivity index (χ2n) is 7.00. The molecule has 1 saturated heterocycles. The van der Waals surface area contributed by atoms with E-state index in [1.165, 1.54) is 11.9 Å². The number of likely N-dealkylation sites (tertiary alicyclic amines) is 1. The second kappa shape index (κ2) is 7.72. The van der Waals surface area contributed by atoms with E-state index in [9.17, 15) is 9.90 Å². The van der Waals surface area contributed by atoms with Crippen molar-refractivity contribution < 1.29 is 9.90 Å². The van der Waals surface area contributed by atoms with Crippen molar-refractivity contribution in [3.63, 3.8) is 0 Å². The number of aromatic nitrogens is 3. The topological polar surface area (TPSA) is 82.1 Å². The number of carbonyl (C=O) groups excluding carboxylic acids is 1. The molecular formula is C21H22N4O2. The van der Waals surface area contributed by atoms with Crippen LogP contribution in [-0.2, 0) is 13.0 Å². The number of carbonyl (C=O) groups is 1. The number of hydrogen-bond donors (Lipinski definition) is 2. The molecule has 1 amide bonds. The SMILES string of the molecule is O=C(c1ccc(-c2ncn[nH]2)cc1)N1CC[C@H](Cc2cccc(CO)c2)C1. The largest absolute Gasteiger partial charge is 0.392 e. The summed E-state index contributed by atoms with van der Waals surface area (Å²) in [6.45, 7) is 1.62. The van der Waals surface area contributed by atoms with Gasteiger partial charge in [-0.25, -0.2) is 4.98 Å². The first-order chi connectivity index (χ1) is 13.2. The number of hydrogen-bond acceptors (Lipinski definition) is 4. The van der Waals surface area contributed by atoms with Gasteiger partial charge >= 0.3 is 0 Å². The lowest BCUT2D eigenvalue weighted by atomic mass is 9.97. The first-order valence-corrected chi connectivity index (χ1v) is 9.16. The Labute approximate surface area is 157 Å². The van der Waals surface area contributed by atoms with E-state index in [0.717, 1.165) is 37.1 Å². The Kier molecular flexibility index (Phi) is 4.98. The fraction of sp³-hybridized carbons (Fsp3) is 0.286. The van der Waals surface area contributed by atoms with E-state index in [4.69, 9.17) is 0 Å². The van der Waals surface area contributed by atoms with E-state index < -0.39 is 0 Å². The standard InChI is InChI=1S/C21H22N4O2/c26-13-17-3-1-2-15(11-17)10-16-8-9-25(12-16)21(27)19-6-4-18(5-7-19)20-22-14-23-24-20/h1-7,11,14,16,26H,8-10,12-13H2,(H,22,23,24)/t16-/m1/s1. The summed E-state index contributed by atoms with van der Waals surface area (Å²) in [5.74, 6) is 1.22. The van der Waals surface area contributed by atoms with Crippen molar-refractivity contribution in [2.75, 3.05) is 13.1 Å². The molecule has 2 heterocycles. The molecule has 1 fully saturated rings. The first kappa shape index (κ1) is 17.4. The number of rotatable bonds is 5. The van der Waals surface area contributed by atoms with Crippen molar-refractivity contribution in [2.24, 2.45) is 5.92 Å². The van der Waals surface area contributed by atoms with Crippen LogP contribution in [0.1, 0.15) is 27.9 Å². The molecule has 1 aliphatic rings. The molecule has 3 aromatic rings. The second-order valence-corrected chi connectivity index (χ2v) is 7.00. The van der Waals surface area contributed by atoms with Crippen molar-refractivity contribution in [3.05, 3.63) is 71.5 Å². The molecule has 2 aromatic carbocycles. The van der Waals surface area contributed by atoms with Gasteiger partial charge in [0.05, 0.1) is 6.61 Å². The Hall–Kier alpha value is -2.99. The summed E-state index contributed by atoms with van der Waals surface area (Å²) in [5.41, 5.74) is 3.76. The van der Waals surface area contributed by atoms with Gasteiger partial charge in [-0.15, -0.1) is 0 Å². The monoisotopic (exact) mass is 362 g/mol. The van der Waals surface area contributed by atoms with E-state index in [1.54, 1.807) is 0 Å². The molecule has 0 saturated carbocycles. The van der Waals surface area contributed by atoms with Gasteiger partial charge in [-0.2, -0.15) is 5.10 Å². The van der Waals surface area contributed by atoms with Crippen LogP contribution in [0.3, 0.4) is 0 Å². The van der Waals surface area contributed by atoms with Crippen LogP contribution < -0.4 is 0 Å². The van der Waals surface area contributed by atoms with Gasteiger partial charge in [0.25, 0.3) is 5.91 Å². The summed E-state index contributed by atoms with van der Waals surface area (Å²) in [6, 6.07) is 15.5. The van der Waals surface area contributed by atoms with Crippen LogP contribution in [0.4, 0.5) is 0 Å². The number of H-pyrrole nitrogens is 1. The van der Waals surface area contributed by atoms with Crippen molar-refractivity contribution in [3.8, 4) is 11.4 Å². The van der Waals surface area contributed by atoms with E-state index in [2.05, 4.69) is 21.2 Å². The molecule has 27 heavy (non-hydrogen) atoms. The normalized spacial score (nSPS) is 16.6. The van der Waals surface area contributed by atoms with Crippen molar-refractivity contribution in [1.29, 1.82) is 0 Å². The van der Waals surface area contributed by atoms with E-state index in [0.29, 0.717) is 17.3 Å². The Morgan fingerprint density at radius 1 is 1.19 bits per heavy atom. The highest BCUT2D eigenvalue weighted by Gasteiger charge is 2.27. The molecular weight excluding hydrogens is 340 g/mol. The fourth-order valence-corrected chi connectivity index (χ4v) is 3.67. The smallest absolute Gasteiger partial charge is 0.253 e. The van der Waals surface area contributed by atoms with Crippen LogP contribution in [0.15, 0.2) is 54.9 Å². The molecule has 0 aliphatic carbocycles. The number of aliphatic hydroxyl groups is 1. The Balaban J connectivity index is 1.38. The maximum atomic E-state index is 12.8. The van der Waals surface area contributed by atoms with Crippen LogP contribution >= 0.6 is 0 Å². The van der Waals surface area contributed by atoms with Crippen LogP contribution in [0.2, 0.25) is 0 Å². The number of aromatic amines is 1. The van der Waals surface area contributed by atoms with Gasteiger partial charge in [0.1, 0.15) is 6.33 Å². The average molecular weight is 362 g/mol. The number of nitrogens with one attached hydrogen (secondary N) is 1. The Morgan fingerprint density at radius 2 is 2.00 bits per heavy atom. The Morgan fingerprint density at radius 3 is 2.74 bits per heavy atom. The summed E-state index contributed by atoms with van der Waals surface area (Å²) in [4.78, 5) is 18.9. The maximum absolute atomic E-state index is 12.8. The number of nitrogens with zero attached hydrogens (tertiary/aromatic N) is 3. The zero-order chi connectivity index (χ0) is 18.6. The molecule has 4 rings (SSSR count). The molecule has 1 atom stereocenters. The van der Waals surface area contributed by atoms with Crippen molar-refractivity contribution in [2.45, 2.75) is 19.4 Å². The maximum Gasteiger partial charge on any atom is 0.253 e. The van der Waals surface area contributed by atoms with Crippen LogP contribution in [-0.4, -0.2) is 44.2 Å². The highest BCUT2D eigenvalue weighted by atomic mass is 16.3. The molecule has 1 aliphatic heterocycles. The quantitative estimate of drug-likeness (QED) is 0.731. The van der Waals surface area contributed by atoms with Crippen LogP contribution in [0, 0.1) is 5.92 Å². The molecule has 0 bridgehead atoms. The van der Waals surface area contributed by atoms with Crippen LogP contribution in [0.25, 0.3) is 11.4 Å². The number of amides is 1. The molecule has 0 spiro atoms. The molecule has 2 N–H and O–H groups in total. The predicted molar refractivity (Wildman–Crippen MR) is 102 cm³/mol. The highest BCUT2D eigenvalue weighted by Crippen LogP contribution is 2.24. The highest BCUT2D eigenvalue weighted by molar-refractivity contribution is 5.94. The molecule has 138 valence electrons. The first-order valence-electron chi connectivity index (χ1n) is 9.16. The number of benzene rings is 2. The summed E-state index contributed by atoms with van der Waals surface area (Å²) in [5, 5.41) is 16.0.